The molecule has 0 bridgehead atoms. The highest BCUT2D eigenvalue weighted by Gasteiger charge is 1.90. The van der Waals surface area contributed by atoms with Gasteiger partial charge in [0.15, 0.2) is 0 Å². The summed E-state index contributed by atoms with van der Waals surface area (Å²) in [6.45, 7) is 0.0873. The van der Waals surface area contributed by atoms with Crippen LogP contribution in [0.15, 0.2) is 24.3 Å². The van der Waals surface area contributed by atoms with Crippen LogP contribution in [0.1, 0.15) is 5.56 Å². The molecular formula is C8H9NO. The molecule has 1 aromatic rings. The van der Waals surface area contributed by atoms with Crippen LogP contribution in [0.3, 0.4) is 0 Å². The van der Waals surface area contributed by atoms with Crippen LogP contribution >= 0.6 is 0 Å². The number of rotatable bonds is 2. The van der Waals surface area contributed by atoms with Crippen LogP contribution in [0, 0.1) is 0 Å². The summed E-state index contributed by atoms with van der Waals surface area (Å²) in [5.41, 5.74) is 9.56. The van der Waals surface area contributed by atoms with E-state index in [9.17, 15) is 0 Å². The minimum absolute atomic E-state index is 0.0873. The van der Waals surface area contributed by atoms with Crippen molar-refractivity contribution < 1.29 is 4.74 Å². The maximum atomic E-state index is 8.66. The Kier molecular flexibility index (Phi) is 2.29. The van der Waals surface area contributed by atoms with Gasteiger partial charge in [0.1, 0.15) is 5.75 Å². The van der Waals surface area contributed by atoms with Gasteiger partial charge in [-0.15, -0.1) is 5.73 Å². The highest BCUT2D eigenvalue weighted by Crippen LogP contribution is 2.10. The third-order valence-corrected chi connectivity index (χ3v) is 1.34. The molecular weight excluding hydrogens is 126 g/mol. The van der Waals surface area contributed by atoms with Gasteiger partial charge in [0, 0.05) is 0 Å². The quantitative estimate of drug-likeness (QED) is 0.600. The Balaban J connectivity index is 2.80. The van der Waals surface area contributed by atoms with Crippen molar-refractivity contribution >= 4 is 0 Å². The average Bonchev–Trinajstić information content (AvgIpc) is 2.05. The van der Waals surface area contributed by atoms with Crippen molar-refractivity contribution in [2.45, 2.75) is 6.54 Å². The summed E-state index contributed by atoms with van der Waals surface area (Å²) >= 11 is 0. The number of methoxy groups -OCH3 is 1. The predicted molar refractivity (Wildman–Crippen MR) is 38.8 cm³/mol. The highest BCUT2D eigenvalue weighted by atomic mass is 16.5. The molecule has 1 aromatic carbocycles. The van der Waals surface area contributed by atoms with Gasteiger partial charge in [-0.2, -0.15) is 0 Å². The minimum Gasteiger partial charge on any atom is -0.497 e. The number of benzene rings is 1. The fourth-order valence-corrected chi connectivity index (χ4v) is 0.731. The second kappa shape index (κ2) is 3.22. The van der Waals surface area contributed by atoms with Gasteiger partial charge in [-0.1, -0.05) is 12.1 Å². The van der Waals surface area contributed by atoms with E-state index in [-0.39, 0.29) is 6.54 Å². The fourth-order valence-electron chi connectivity index (χ4n) is 0.731. The lowest BCUT2D eigenvalue weighted by atomic mass is 10.2. The molecule has 52 valence electrons. The molecule has 2 heteroatoms. The monoisotopic (exact) mass is 135 g/mol. The van der Waals surface area contributed by atoms with E-state index in [0.717, 1.165) is 11.3 Å². The molecule has 0 aromatic heterocycles. The van der Waals surface area contributed by atoms with E-state index in [1.165, 1.54) is 0 Å². The van der Waals surface area contributed by atoms with Crippen molar-refractivity contribution in [2.24, 2.45) is 0 Å². The molecule has 0 aliphatic carbocycles. The lowest BCUT2D eigenvalue weighted by molar-refractivity contribution is 0.414. The third kappa shape index (κ3) is 1.48. The molecule has 2 nitrogen and oxygen atoms in total. The SMILES string of the molecule is COc1ccc(C[N])cc1. The minimum atomic E-state index is 0.0873. The van der Waals surface area contributed by atoms with E-state index >= 15 is 0 Å². The molecule has 0 heterocycles. The van der Waals surface area contributed by atoms with Crippen molar-refractivity contribution in [1.29, 1.82) is 0 Å². The molecule has 2 radical (unpaired) electrons. The molecule has 0 saturated heterocycles. The Hall–Kier alpha value is -1.02. The average molecular weight is 135 g/mol. The summed E-state index contributed by atoms with van der Waals surface area (Å²) in [5.74, 6) is 0.817. The molecule has 0 aliphatic rings. The zero-order valence-electron chi connectivity index (χ0n) is 5.87. The molecule has 0 spiro atoms. The summed E-state index contributed by atoms with van der Waals surface area (Å²) in [5, 5.41) is 0. The molecule has 0 unspecified atom stereocenters. The van der Waals surface area contributed by atoms with E-state index in [0.29, 0.717) is 0 Å². The number of hydrogen-bond acceptors (Lipinski definition) is 1. The lowest BCUT2D eigenvalue weighted by Crippen LogP contribution is -1.85. The fraction of sp³-hybridized carbons (Fsp3) is 0.250. The maximum absolute atomic E-state index is 8.66. The lowest BCUT2D eigenvalue weighted by Gasteiger charge is -1.98. The van der Waals surface area contributed by atoms with Gasteiger partial charge in [-0.05, 0) is 17.7 Å². The second-order valence-electron chi connectivity index (χ2n) is 2.01. The maximum Gasteiger partial charge on any atom is 0.118 e. The molecule has 1 rings (SSSR count). The van der Waals surface area contributed by atoms with E-state index in [1.807, 2.05) is 24.3 Å². The van der Waals surface area contributed by atoms with Crippen molar-refractivity contribution in [3.63, 3.8) is 0 Å². The predicted octanol–water partition coefficient (Wildman–Crippen LogP) is 1.26. The summed E-state index contributed by atoms with van der Waals surface area (Å²) < 4.78 is 4.93. The van der Waals surface area contributed by atoms with Crippen molar-refractivity contribution in [3.8, 4) is 5.75 Å². The zero-order chi connectivity index (χ0) is 7.40. The van der Waals surface area contributed by atoms with E-state index in [1.54, 1.807) is 7.11 Å². The Labute approximate surface area is 60.6 Å². The Morgan fingerprint density at radius 2 is 1.90 bits per heavy atom. The van der Waals surface area contributed by atoms with Gasteiger partial charge in [0.2, 0.25) is 0 Å². The van der Waals surface area contributed by atoms with Gasteiger partial charge in [0.25, 0.3) is 0 Å². The van der Waals surface area contributed by atoms with Gasteiger partial charge >= 0.3 is 0 Å². The van der Waals surface area contributed by atoms with Crippen LogP contribution in [0.4, 0.5) is 0 Å². The van der Waals surface area contributed by atoms with Crippen LogP contribution < -0.4 is 10.5 Å². The van der Waals surface area contributed by atoms with Crippen LogP contribution in [0.2, 0.25) is 0 Å². The summed E-state index contributed by atoms with van der Waals surface area (Å²) in [7, 11) is 1.62. The first-order valence-electron chi connectivity index (χ1n) is 3.10. The Bertz CT molecular complexity index is 170. The van der Waals surface area contributed by atoms with Crippen LogP contribution in [0.5, 0.6) is 5.75 Å². The molecule has 0 amide bonds. The Morgan fingerprint density at radius 3 is 2.30 bits per heavy atom. The van der Waals surface area contributed by atoms with E-state index in [2.05, 4.69) is 0 Å². The van der Waals surface area contributed by atoms with Crippen molar-refractivity contribution in [1.82, 2.24) is 5.73 Å². The first-order chi connectivity index (χ1) is 4.86. The molecule has 10 heavy (non-hydrogen) atoms. The van der Waals surface area contributed by atoms with Gasteiger partial charge in [-0.3, -0.25) is 0 Å². The highest BCUT2D eigenvalue weighted by molar-refractivity contribution is 5.26. The molecule has 0 saturated carbocycles. The van der Waals surface area contributed by atoms with E-state index < -0.39 is 0 Å². The molecule has 0 atom stereocenters. The van der Waals surface area contributed by atoms with E-state index in [4.69, 9.17) is 10.5 Å². The van der Waals surface area contributed by atoms with Crippen LogP contribution in [-0.2, 0) is 6.54 Å². The van der Waals surface area contributed by atoms with Crippen molar-refractivity contribution in [3.05, 3.63) is 29.8 Å². The summed E-state index contributed by atoms with van der Waals surface area (Å²) in [6.07, 6.45) is 0. The smallest absolute Gasteiger partial charge is 0.118 e. The second-order valence-corrected chi connectivity index (χ2v) is 2.01. The number of ether oxygens (including phenoxy) is 1. The van der Waals surface area contributed by atoms with Crippen molar-refractivity contribution in [2.75, 3.05) is 7.11 Å². The number of nitrogens with zero attached hydrogens (tertiary/aromatic N) is 1. The normalized spacial score (nSPS) is 9.40. The van der Waals surface area contributed by atoms with Crippen LogP contribution in [-0.4, -0.2) is 7.11 Å². The largest absolute Gasteiger partial charge is 0.497 e. The molecule has 0 fully saturated rings. The standard InChI is InChI=1S/C8H9NO/c1-10-8-4-2-7(6-9)3-5-8/h2-5H,6H2,1H3. The summed E-state index contributed by atoms with van der Waals surface area (Å²) in [6, 6.07) is 7.31. The topological polar surface area (TPSA) is 31.5 Å². The molecule has 0 N–H and O–H groups in total. The molecule has 0 aliphatic heterocycles. The van der Waals surface area contributed by atoms with Gasteiger partial charge in [0.05, 0.1) is 13.7 Å². The van der Waals surface area contributed by atoms with Crippen LogP contribution in [0.25, 0.3) is 0 Å². The summed E-state index contributed by atoms with van der Waals surface area (Å²) in [4.78, 5) is 0. The first-order valence-corrected chi connectivity index (χ1v) is 3.10. The van der Waals surface area contributed by atoms with Gasteiger partial charge < -0.3 is 4.74 Å². The zero-order valence-corrected chi connectivity index (χ0v) is 5.87. The first kappa shape index (κ1) is 7.09. The number of hydrogen-bond donors (Lipinski definition) is 0. The van der Waals surface area contributed by atoms with Gasteiger partial charge in [-0.25, -0.2) is 0 Å². The third-order valence-electron chi connectivity index (χ3n) is 1.34. The Morgan fingerprint density at radius 1 is 1.30 bits per heavy atom.